The molecule has 0 unspecified atom stereocenters. The van der Waals surface area contributed by atoms with Crippen LogP contribution in [-0.2, 0) is 4.74 Å². The highest BCUT2D eigenvalue weighted by Gasteiger charge is 2.20. The van der Waals surface area contributed by atoms with E-state index < -0.39 is 11.9 Å². The molecule has 3 N–H and O–H groups in total. The number of thiazole rings is 1. The number of carbonyl (C=O) groups is 2. The number of nitrogens with two attached hydrogens (primary N) is 1. The minimum atomic E-state index is -1.25. The Balaban J connectivity index is 2.69. The second kappa shape index (κ2) is 5.45. The van der Waals surface area contributed by atoms with Gasteiger partial charge in [-0.2, -0.15) is 0 Å². The van der Waals surface area contributed by atoms with E-state index in [0.29, 0.717) is 6.61 Å². The maximum atomic E-state index is 11.4. The number of aromatic nitrogens is 1. The Kier molecular flexibility index (Phi) is 4.24. The van der Waals surface area contributed by atoms with Crippen molar-refractivity contribution < 1.29 is 19.4 Å². The molecule has 1 aromatic rings. The van der Waals surface area contributed by atoms with Gasteiger partial charge in [-0.15, -0.1) is 0 Å². The fourth-order valence-corrected chi connectivity index (χ4v) is 1.66. The van der Waals surface area contributed by atoms with E-state index in [1.165, 1.54) is 0 Å². The number of aromatic carboxylic acids is 1. The third kappa shape index (κ3) is 2.93. The molecular formula is C9H12N2O4S. The summed E-state index contributed by atoms with van der Waals surface area (Å²) in [5.74, 6) is -1.88. The van der Waals surface area contributed by atoms with Crippen molar-refractivity contribution in [1.29, 1.82) is 0 Å². The molecule has 0 aliphatic rings. The van der Waals surface area contributed by atoms with Crippen LogP contribution in [0.3, 0.4) is 0 Å². The Labute approximate surface area is 96.1 Å². The second-order valence-corrected chi connectivity index (χ2v) is 4.06. The molecule has 0 aliphatic heterocycles. The van der Waals surface area contributed by atoms with Crippen LogP contribution < -0.4 is 5.73 Å². The summed E-state index contributed by atoms with van der Waals surface area (Å²) in [4.78, 5) is 25.6. The van der Waals surface area contributed by atoms with E-state index in [2.05, 4.69) is 4.98 Å². The molecule has 88 valence electrons. The quantitative estimate of drug-likeness (QED) is 0.599. The standard InChI is InChI=1S/C9H12N2O4S/c1-2-3-4-15-9(14)7-11-5(8(12)13)6(10)16-7/h2-4,10H2,1H3,(H,12,13). The first kappa shape index (κ1) is 12.4. The molecule has 6 nitrogen and oxygen atoms in total. The van der Waals surface area contributed by atoms with E-state index in [0.717, 1.165) is 24.2 Å². The van der Waals surface area contributed by atoms with Gasteiger partial charge in [0.2, 0.25) is 5.01 Å². The first-order chi connectivity index (χ1) is 7.56. The van der Waals surface area contributed by atoms with Crippen molar-refractivity contribution in [2.45, 2.75) is 19.8 Å². The van der Waals surface area contributed by atoms with Crippen molar-refractivity contribution in [3.8, 4) is 0 Å². The van der Waals surface area contributed by atoms with Crippen molar-refractivity contribution in [3.05, 3.63) is 10.7 Å². The Morgan fingerprint density at radius 3 is 2.75 bits per heavy atom. The van der Waals surface area contributed by atoms with Gasteiger partial charge in [0.05, 0.1) is 6.61 Å². The topological polar surface area (TPSA) is 103 Å². The van der Waals surface area contributed by atoms with E-state index in [1.807, 2.05) is 6.92 Å². The fraction of sp³-hybridized carbons (Fsp3) is 0.444. The largest absolute Gasteiger partial charge is 0.476 e. The highest BCUT2D eigenvalue weighted by Crippen LogP contribution is 2.21. The minimum Gasteiger partial charge on any atom is -0.476 e. The first-order valence-corrected chi connectivity index (χ1v) is 5.54. The monoisotopic (exact) mass is 244 g/mol. The van der Waals surface area contributed by atoms with Crippen LogP contribution in [0, 0.1) is 0 Å². The van der Waals surface area contributed by atoms with Gasteiger partial charge in [-0.3, -0.25) is 0 Å². The number of unbranched alkanes of at least 4 members (excludes halogenated alkanes) is 1. The molecule has 0 saturated carbocycles. The van der Waals surface area contributed by atoms with Crippen molar-refractivity contribution in [2.75, 3.05) is 12.3 Å². The number of nitrogen functional groups attached to an aromatic ring is 1. The Morgan fingerprint density at radius 2 is 2.25 bits per heavy atom. The maximum absolute atomic E-state index is 11.4. The smallest absolute Gasteiger partial charge is 0.367 e. The van der Waals surface area contributed by atoms with Gasteiger partial charge < -0.3 is 15.6 Å². The molecule has 1 aromatic heterocycles. The Morgan fingerprint density at radius 1 is 1.56 bits per heavy atom. The summed E-state index contributed by atoms with van der Waals surface area (Å²) in [5.41, 5.74) is 5.10. The lowest BCUT2D eigenvalue weighted by Crippen LogP contribution is -2.07. The van der Waals surface area contributed by atoms with Gasteiger partial charge in [0.15, 0.2) is 5.69 Å². The van der Waals surface area contributed by atoms with Crippen LogP contribution in [0.5, 0.6) is 0 Å². The predicted octanol–water partition coefficient (Wildman–Crippen LogP) is 1.38. The average Bonchev–Trinajstić information content (AvgIpc) is 2.60. The molecule has 0 spiro atoms. The second-order valence-electron chi connectivity index (χ2n) is 3.03. The summed E-state index contributed by atoms with van der Waals surface area (Å²) >= 11 is 0.820. The summed E-state index contributed by atoms with van der Waals surface area (Å²) in [6.45, 7) is 2.27. The zero-order valence-corrected chi connectivity index (χ0v) is 9.54. The number of hydrogen-bond donors (Lipinski definition) is 2. The maximum Gasteiger partial charge on any atom is 0.367 e. The first-order valence-electron chi connectivity index (χ1n) is 4.73. The van der Waals surface area contributed by atoms with E-state index in [4.69, 9.17) is 15.6 Å². The summed E-state index contributed by atoms with van der Waals surface area (Å²) in [5, 5.41) is 8.67. The van der Waals surface area contributed by atoms with E-state index in [1.54, 1.807) is 0 Å². The Hall–Kier alpha value is -1.63. The van der Waals surface area contributed by atoms with Crippen LogP contribution in [0.2, 0.25) is 0 Å². The average molecular weight is 244 g/mol. The van der Waals surface area contributed by atoms with Crippen LogP contribution in [0.1, 0.15) is 40.1 Å². The van der Waals surface area contributed by atoms with Crippen molar-refractivity contribution in [2.24, 2.45) is 0 Å². The molecule has 0 radical (unpaired) electrons. The molecule has 0 bridgehead atoms. The highest BCUT2D eigenvalue weighted by molar-refractivity contribution is 7.17. The van der Waals surface area contributed by atoms with Gasteiger partial charge >= 0.3 is 11.9 Å². The highest BCUT2D eigenvalue weighted by atomic mass is 32.1. The molecule has 1 heterocycles. The number of carbonyl (C=O) groups excluding carboxylic acids is 1. The molecule has 0 aromatic carbocycles. The summed E-state index contributed by atoms with van der Waals surface area (Å²) < 4.78 is 4.88. The van der Waals surface area contributed by atoms with Crippen LogP contribution in [-0.4, -0.2) is 28.6 Å². The van der Waals surface area contributed by atoms with E-state index >= 15 is 0 Å². The van der Waals surface area contributed by atoms with Gasteiger partial charge in [-0.25, -0.2) is 14.6 Å². The molecule has 0 amide bonds. The van der Waals surface area contributed by atoms with E-state index in [-0.39, 0.29) is 15.7 Å². The third-order valence-electron chi connectivity index (χ3n) is 1.76. The van der Waals surface area contributed by atoms with Gasteiger partial charge in [0, 0.05) is 0 Å². The lowest BCUT2D eigenvalue weighted by atomic mass is 10.4. The SMILES string of the molecule is CCCCOC(=O)c1nc(C(=O)O)c(N)s1. The van der Waals surface area contributed by atoms with Gasteiger partial charge in [0.25, 0.3) is 0 Å². The number of esters is 1. The number of anilines is 1. The lowest BCUT2D eigenvalue weighted by Gasteiger charge is -1.99. The van der Waals surface area contributed by atoms with Crippen molar-refractivity contribution in [3.63, 3.8) is 0 Å². The fourth-order valence-electron chi connectivity index (χ4n) is 0.943. The summed E-state index contributed by atoms with van der Waals surface area (Å²) in [6.07, 6.45) is 1.67. The molecule has 0 saturated heterocycles. The molecule has 7 heteroatoms. The molecule has 0 atom stereocenters. The minimum absolute atomic E-state index is 0.00921. The van der Waals surface area contributed by atoms with Gasteiger partial charge in [0.1, 0.15) is 5.00 Å². The molecule has 1 rings (SSSR count). The molecule has 0 fully saturated rings. The zero-order valence-electron chi connectivity index (χ0n) is 8.73. The predicted molar refractivity (Wildman–Crippen MR) is 58.7 cm³/mol. The third-order valence-corrected chi connectivity index (χ3v) is 2.63. The molecule has 16 heavy (non-hydrogen) atoms. The lowest BCUT2D eigenvalue weighted by molar-refractivity contribution is 0.0499. The normalized spacial score (nSPS) is 10.1. The number of ether oxygens (including phenoxy) is 1. The zero-order chi connectivity index (χ0) is 12.1. The van der Waals surface area contributed by atoms with Crippen molar-refractivity contribution >= 4 is 28.3 Å². The summed E-state index contributed by atoms with van der Waals surface area (Å²) in [6, 6.07) is 0. The van der Waals surface area contributed by atoms with Gasteiger partial charge in [-0.1, -0.05) is 24.7 Å². The number of rotatable bonds is 5. The number of nitrogens with zero attached hydrogens (tertiary/aromatic N) is 1. The van der Waals surface area contributed by atoms with Crippen LogP contribution >= 0.6 is 11.3 Å². The van der Waals surface area contributed by atoms with Crippen LogP contribution in [0.15, 0.2) is 0 Å². The van der Waals surface area contributed by atoms with Crippen LogP contribution in [0.4, 0.5) is 5.00 Å². The number of carboxylic acid groups (broad SMARTS) is 1. The Bertz CT molecular complexity index is 402. The van der Waals surface area contributed by atoms with E-state index in [9.17, 15) is 9.59 Å². The van der Waals surface area contributed by atoms with Crippen molar-refractivity contribution in [1.82, 2.24) is 4.98 Å². The summed E-state index contributed by atoms with van der Waals surface area (Å²) in [7, 11) is 0. The number of hydrogen-bond acceptors (Lipinski definition) is 6. The number of carboxylic acids is 1. The van der Waals surface area contributed by atoms with Crippen LogP contribution in [0.25, 0.3) is 0 Å². The molecule has 0 aliphatic carbocycles. The van der Waals surface area contributed by atoms with Gasteiger partial charge in [-0.05, 0) is 6.42 Å². The molecular weight excluding hydrogens is 232 g/mol.